The lowest BCUT2D eigenvalue weighted by Gasteiger charge is -2.14. The van der Waals surface area contributed by atoms with Crippen LogP contribution in [0.2, 0.25) is 0 Å². The van der Waals surface area contributed by atoms with Crippen molar-refractivity contribution in [3.8, 4) is 28.7 Å². The summed E-state index contributed by atoms with van der Waals surface area (Å²) in [5.74, 6) is 3.87. The van der Waals surface area contributed by atoms with Crippen LogP contribution in [-0.4, -0.2) is 37.5 Å². The second-order valence-electron chi connectivity index (χ2n) is 7.53. The van der Waals surface area contributed by atoms with Crippen molar-refractivity contribution in [2.24, 2.45) is 0 Å². The third kappa shape index (κ3) is 3.41. The van der Waals surface area contributed by atoms with Crippen molar-refractivity contribution in [3.05, 3.63) is 41.9 Å². The van der Waals surface area contributed by atoms with E-state index in [9.17, 15) is 0 Å². The summed E-state index contributed by atoms with van der Waals surface area (Å²) in [6.07, 6.45) is 2.03. The van der Waals surface area contributed by atoms with Crippen LogP contribution >= 0.6 is 0 Å². The molecule has 4 rings (SSSR count). The van der Waals surface area contributed by atoms with E-state index in [1.807, 2.05) is 37.7 Å². The molecule has 0 spiro atoms. The molecule has 29 heavy (non-hydrogen) atoms. The number of aromatic nitrogens is 5. The summed E-state index contributed by atoms with van der Waals surface area (Å²) in [7, 11) is 0. The molecular formula is C22H27N5O2. The first kappa shape index (κ1) is 19.2. The average molecular weight is 393 g/mol. The Bertz CT molecular complexity index is 1080. The highest BCUT2D eigenvalue weighted by Gasteiger charge is 2.23. The first-order valence-electron chi connectivity index (χ1n) is 9.99. The minimum atomic E-state index is 0.201. The van der Waals surface area contributed by atoms with E-state index >= 15 is 0 Å². The first-order valence-corrected chi connectivity index (χ1v) is 9.99. The minimum Gasteiger partial charge on any atom is -0.494 e. The zero-order chi connectivity index (χ0) is 20.7. The van der Waals surface area contributed by atoms with Gasteiger partial charge in [0, 0.05) is 17.8 Å². The number of fused-ring (bicyclic) bond motifs is 3. The van der Waals surface area contributed by atoms with Crippen molar-refractivity contribution in [3.63, 3.8) is 0 Å². The summed E-state index contributed by atoms with van der Waals surface area (Å²) in [4.78, 5) is 9.56. The van der Waals surface area contributed by atoms with Crippen LogP contribution < -0.4 is 4.74 Å². The SMILES string of the molecule is C=C(OCC)c1cc2c(cc1C)OCCn1cc(-c3nc(C)nn3C(C)C)nc1-2. The maximum atomic E-state index is 6.01. The van der Waals surface area contributed by atoms with Gasteiger partial charge in [0.1, 0.15) is 35.5 Å². The van der Waals surface area contributed by atoms with Gasteiger partial charge in [0.2, 0.25) is 0 Å². The molecule has 0 unspecified atom stereocenters. The molecule has 0 saturated carbocycles. The summed E-state index contributed by atoms with van der Waals surface area (Å²) in [5.41, 5.74) is 3.78. The van der Waals surface area contributed by atoms with Crippen LogP contribution in [0.5, 0.6) is 5.75 Å². The standard InChI is InChI=1S/C22H27N5O2/c1-7-28-15(5)17-11-18-20(10-14(17)4)29-9-8-26-12-19(24-21(18)26)22-23-16(6)25-27(22)13(2)3/h10-13H,5,7-9H2,1-4,6H3. The molecule has 2 aromatic heterocycles. The fourth-order valence-electron chi connectivity index (χ4n) is 3.66. The van der Waals surface area contributed by atoms with Crippen LogP contribution in [0, 0.1) is 13.8 Å². The van der Waals surface area contributed by atoms with E-state index in [1.54, 1.807) is 0 Å². The summed E-state index contributed by atoms with van der Waals surface area (Å²) in [6.45, 7) is 16.0. The predicted octanol–water partition coefficient (Wildman–Crippen LogP) is 4.41. The van der Waals surface area contributed by atoms with Crippen LogP contribution in [0.15, 0.2) is 24.9 Å². The van der Waals surface area contributed by atoms with Gasteiger partial charge >= 0.3 is 0 Å². The minimum absolute atomic E-state index is 0.201. The highest BCUT2D eigenvalue weighted by molar-refractivity contribution is 5.75. The van der Waals surface area contributed by atoms with Crippen LogP contribution in [-0.2, 0) is 11.3 Å². The van der Waals surface area contributed by atoms with Gasteiger partial charge in [-0.1, -0.05) is 6.58 Å². The Morgan fingerprint density at radius 2 is 2.03 bits per heavy atom. The number of hydrogen-bond acceptors (Lipinski definition) is 5. The Labute approximate surface area is 171 Å². The fourth-order valence-corrected chi connectivity index (χ4v) is 3.66. The number of imidazole rings is 1. The van der Waals surface area contributed by atoms with Gasteiger partial charge in [0.15, 0.2) is 5.82 Å². The second-order valence-corrected chi connectivity index (χ2v) is 7.53. The molecule has 0 fully saturated rings. The number of hydrogen-bond donors (Lipinski definition) is 0. The Hall–Kier alpha value is -3.09. The third-order valence-electron chi connectivity index (χ3n) is 5.01. The van der Waals surface area contributed by atoms with E-state index in [-0.39, 0.29) is 6.04 Å². The Balaban J connectivity index is 1.85. The summed E-state index contributed by atoms with van der Waals surface area (Å²) < 4.78 is 15.7. The van der Waals surface area contributed by atoms with Gasteiger partial charge in [-0.2, -0.15) is 5.10 Å². The maximum Gasteiger partial charge on any atom is 0.178 e. The molecule has 0 saturated heterocycles. The fraction of sp³-hybridized carbons (Fsp3) is 0.409. The molecule has 152 valence electrons. The van der Waals surface area contributed by atoms with Gasteiger partial charge in [-0.3, -0.25) is 0 Å². The van der Waals surface area contributed by atoms with Crippen LogP contribution in [0.3, 0.4) is 0 Å². The van der Waals surface area contributed by atoms with Gasteiger partial charge in [-0.05, 0) is 52.3 Å². The largest absolute Gasteiger partial charge is 0.494 e. The number of nitrogens with zero attached hydrogens (tertiary/aromatic N) is 5. The van der Waals surface area contributed by atoms with Gasteiger partial charge in [-0.15, -0.1) is 0 Å². The van der Waals surface area contributed by atoms with Gasteiger partial charge < -0.3 is 14.0 Å². The van der Waals surface area contributed by atoms with Crippen molar-refractivity contribution in [1.29, 1.82) is 0 Å². The van der Waals surface area contributed by atoms with Gasteiger partial charge in [-0.25, -0.2) is 14.6 Å². The molecule has 1 aromatic carbocycles. The lowest BCUT2D eigenvalue weighted by Crippen LogP contribution is -2.06. The molecule has 3 heterocycles. The highest BCUT2D eigenvalue weighted by Crippen LogP contribution is 2.37. The van der Waals surface area contributed by atoms with Gasteiger partial charge in [0.25, 0.3) is 0 Å². The molecule has 0 bridgehead atoms. The number of ether oxygens (including phenoxy) is 2. The zero-order valence-corrected chi connectivity index (χ0v) is 17.7. The number of benzene rings is 1. The van der Waals surface area contributed by atoms with E-state index in [2.05, 4.69) is 41.1 Å². The first-order chi connectivity index (χ1) is 13.9. The Morgan fingerprint density at radius 1 is 1.24 bits per heavy atom. The van der Waals surface area contributed by atoms with Crippen LogP contribution in [0.4, 0.5) is 0 Å². The molecule has 7 nitrogen and oxygen atoms in total. The summed E-state index contributed by atoms with van der Waals surface area (Å²) in [6, 6.07) is 4.31. The average Bonchev–Trinajstić information content (AvgIpc) is 3.22. The molecule has 1 aliphatic rings. The molecule has 1 aliphatic heterocycles. The topological polar surface area (TPSA) is 67.0 Å². The third-order valence-corrected chi connectivity index (χ3v) is 5.01. The van der Waals surface area contributed by atoms with E-state index in [0.29, 0.717) is 25.5 Å². The van der Waals surface area contributed by atoms with Crippen LogP contribution in [0.25, 0.3) is 28.7 Å². The smallest absolute Gasteiger partial charge is 0.178 e. The van der Waals surface area contributed by atoms with Crippen molar-refractivity contribution in [2.75, 3.05) is 13.2 Å². The predicted molar refractivity (Wildman–Crippen MR) is 113 cm³/mol. The monoisotopic (exact) mass is 393 g/mol. The maximum absolute atomic E-state index is 6.01. The van der Waals surface area contributed by atoms with Gasteiger partial charge in [0.05, 0.1) is 18.7 Å². The lowest BCUT2D eigenvalue weighted by molar-refractivity contribution is 0.298. The number of rotatable bonds is 5. The van der Waals surface area contributed by atoms with Crippen molar-refractivity contribution in [1.82, 2.24) is 24.3 Å². The van der Waals surface area contributed by atoms with Crippen molar-refractivity contribution in [2.45, 2.75) is 47.2 Å². The second kappa shape index (κ2) is 7.39. The molecular weight excluding hydrogens is 366 g/mol. The lowest BCUT2D eigenvalue weighted by atomic mass is 10.0. The normalized spacial score (nSPS) is 12.9. The van der Waals surface area contributed by atoms with E-state index < -0.39 is 0 Å². The summed E-state index contributed by atoms with van der Waals surface area (Å²) in [5, 5.41) is 4.53. The van der Waals surface area contributed by atoms with E-state index in [1.165, 1.54) is 0 Å². The quantitative estimate of drug-likeness (QED) is 0.601. The molecule has 0 atom stereocenters. The van der Waals surface area contributed by atoms with Crippen molar-refractivity contribution < 1.29 is 9.47 Å². The highest BCUT2D eigenvalue weighted by atomic mass is 16.5. The molecule has 7 heteroatoms. The van der Waals surface area contributed by atoms with Crippen LogP contribution in [0.1, 0.15) is 43.8 Å². The number of aryl methyl sites for hydroxylation is 2. The van der Waals surface area contributed by atoms with E-state index in [0.717, 1.165) is 45.6 Å². The zero-order valence-electron chi connectivity index (χ0n) is 17.7. The molecule has 0 radical (unpaired) electrons. The molecule has 0 aliphatic carbocycles. The van der Waals surface area contributed by atoms with Crippen molar-refractivity contribution >= 4 is 5.76 Å². The molecule has 3 aromatic rings. The molecule has 0 amide bonds. The Kier molecular flexibility index (Phi) is 4.90. The molecule has 0 N–H and O–H groups in total. The van der Waals surface area contributed by atoms with E-state index in [4.69, 9.17) is 14.5 Å². The summed E-state index contributed by atoms with van der Waals surface area (Å²) >= 11 is 0. The Morgan fingerprint density at radius 3 is 2.76 bits per heavy atom.